The van der Waals surface area contributed by atoms with E-state index in [1.54, 1.807) is 6.20 Å². The Labute approximate surface area is 153 Å². The van der Waals surface area contributed by atoms with Crippen molar-refractivity contribution in [2.45, 2.75) is 6.42 Å². The fourth-order valence-electron chi connectivity index (χ4n) is 3.60. The lowest BCUT2D eigenvalue weighted by atomic mass is 10.2. The van der Waals surface area contributed by atoms with Crippen LogP contribution in [0.25, 0.3) is 0 Å². The van der Waals surface area contributed by atoms with Gasteiger partial charge in [0, 0.05) is 44.6 Å². The predicted octanol–water partition coefficient (Wildman–Crippen LogP) is 1.84. The Morgan fingerprint density at radius 3 is 2.85 bits per heavy atom. The lowest BCUT2D eigenvalue weighted by molar-refractivity contribution is 0.0383. The highest BCUT2D eigenvalue weighted by Crippen LogP contribution is 2.34. The van der Waals surface area contributed by atoms with Crippen molar-refractivity contribution in [3.8, 4) is 0 Å². The molecule has 1 saturated heterocycles. The SMILES string of the molecule is O=C(NCCN1CCOCC1)c1cccnc1N1CCc2ccccc21. The van der Waals surface area contributed by atoms with Gasteiger partial charge in [-0.2, -0.15) is 0 Å². The summed E-state index contributed by atoms with van der Waals surface area (Å²) in [5, 5.41) is 3.05. The molecule has 0 aliphatic carbocycles. The predicted molar refractivity (Wildman–Crippen MR) is 101 cm³/mol. The van der Waals surface area contributed by atoms with Gasteiger partial charge in [-0.25, -0.2) is 4.98 Å². The first-order valence-corrected chi connectivity index (χ1v) is 9.22. The van der Waals surface area contributed by atoms with E-state index in [0.717, 1.165) is 57.3 Å². The van der Waals surface area contributed by atoms with E-state index >= 15 is 0 Å². The van der Waals surface area contributed by atoms with E-state index in [-0.39, 0.29) is 5.91 Å². The van der Waals surface area contributed by atoms with Crippen molar-refractivity contribution in [3.63, 3.8) is 0 Å². The molecule has 0 radical (unpaired) electrons. The molecular weight excluding hydrogens is 328 g/mol. The number of para-hydroxylation sites is 1. The number of benzene rings is 1. The molecule has 1 aromatic heterocycles. The van der Waals surface area contributed by atoms with Crippen LogP contribution >= 0.6 is 0 Å². The van der Waals surface area contributed by atoms with Gasteiger partial charge < -0.3 is 15.0 Å². The molecule has 1 amide bonds. The summed E-state index contributed by atoms with van der Waals surface area (Å²) >= 11 is 0. The third-order valence-electron chi connectivity index (χ3n) is 4.99. The average molecular weight is 352 g/mol. The van der Waals surface area contributed by atoms with Gasteiger partial charge in [-0.05, 0) is 30.2 Å². The first-order chi connectivity index (χ1) is 12.8. The number of anilines is 2. The Balaban J connectivity index is 1.45. The lowest BCUT2D eigenvalue weighted by Crippen LogP contribution is -2.41. The van der Waals surface area contributed by atoms with Gasteiger partial charge in [-0.15, -0.1) is 0 Å². The number of carbonyl (C=O) groups is 1. The van der Waals surface area contributed by atoms with Crippen molar-refractivity contribution in [1.29, 1.82) is 0 Å². The number of hydrogen-bond donors (Lipinski definition) is 1. The minimum absolute atomic E-state index is 0.0641. The molecule has 3 heterocycles. The molecule has 26 heavy (non-hydrogen) atoms. The van der Waals surface area contributed by atoms with E-state index in [9.17, 15) is 4.79 Å². The molecule has 0 atom stereocenters. The Morgan fingerprint density at radius 1 is 1.12 bits per heavy atom. The molecule has 1 aromatic carbocycles. The van der Waals surface area contributed by atoms with Crippen molar-refractivity contribution in [1.82, 2.24) is 15.2 Å². The van der Waals surface area contributed by atoms with Crippen LogP contribution in [-0.4, -0.2) is 61.7 Å². The van der Waals surface area contributed by atoms with E-state index in [2.05, 4.69) is 38.3 Å². The third-order valence-corrected chi connectivity index (χ3v) is 4.99. The quantitative estimate of drug-likeness (QED) is 0.890. The van der Waals surface area contributed by atoms with E-state index < -0.39 is 0 Å². The van der Waals surface area contributed by atoms with E-state index in [1.807, 2.05) is 18.2 Å². The van der Waals surface area contributed by atoms with Crippen LogP contribution in [0.2, 0.25) is 0 Å². The fraction of sp³-hybridized carbons (Fsp3) is 0.400. The summed E-state index contributed by atoms with van der Waals surface area (Å²) < 4.78 is 5.36. The number of aromatic nitrogens is 1. The maximum atomic E-state index is 12.8. The molecule has 0 saturated carbocycles. The summed E-state index contributed by atoms with van der Waals surface area (Å²) in [6.45, 7) is 5.73. The number of carbonyl (C=O) groups excluding carboxylic acids is 1. The zero-order chi connectivity index (χ0) is 17.8. The summed E-state index contributed by atoms with van der Waals surface area (Å²) in [5.74, 6) is 0.673. The van der Waals surface area contributed by atoms with Crippen molar-refractivity contribution in [2.24, 2.45) is 0 Å². The summed E-state index contributed by atoms with van der Waals surface area (Å²) in [7, 11) is 0. The molecule has 0 unspecified atom stereocenters. The number of nitrogens with one attached hydrogen (secondary N) is 1. The number of hydrogen-bond acceptors (Lipinski definition) is 5. The van der Waals surface area contributed by atoms with Crippen molar-refractivity contribution < 1.29 is 9.53 Å². The maximum absolute atomic E-state index is 12.8. The number of amides is 1. The van der Waals surface area contributed by atoms with E-state index in [4.69, 9.17) is 4.74 Å². The summed E-state index contributed by atoms with van der Waals surface area (Å²) in [4.78, 5) is 21.7. The smallest absolute Gasteiger partial charge is 0.255 e. The molecular formula is C20H24N4O2. The van der Waals surface area contributed by atoms with Gasteiger partial charge in [0.2, 0.25) is 0 Å². The summed E-state index contributed by atoms with van der Waals surface area (Å²) in [6, 6.07) is 12.0. The Kier molecular flexibility index (Phi) is 5.13. The molecule has 0 bridgehead atoms. The molecule has 6 heteroatoms. The highest BCUT2D eigenvalue weighted by molar-refractivity contribution is 5.99. The van der Waals surface area contributed by atoms with Gasteiger partial charge >= 0.3 is 0 Å². The maximum Gasteiger partial charge on any atom is 0.255 e. The normalized spacial score (nSPS) is 17.2. The first-order valence-electron chi connectivity index (χ1n) is 9.22. The van der Waals surface area contributed by atoms with Crippen LogP contribution < -0.4 is 10.2 Å². The molecule has 1 fully saturated rings. The van der Waals surface area contributed by atoms with Crippen LogP contribution in [0.15, 0.2) is 42.6 Å². The molecule has 2 aliphatic heterocycles. The average Bonchev–Trinajstić information content (AvgIpc) is 3.13. The first kappa shape index (κ1) is 17.0. The molecule has 1 N–H and O–H groups in total. The monoisotopic (exact) mass is 352 g/mol. The Hall–Kier alpha value is -2.44. The van der Waals surface area contributed by atoms with Gasteiger partial charge in [0.25, 0.3) is 5.91 Å². The van der Waals surface area contributed by atoms with Gasteiger partial charge in [-0.3, -0.25) is 9.69 Å². The number of ether oxygens (including phenoxy) is 1. The number of rotatable bonds is 5. The number of morpholine rings is 1. The van der Waals surface area contributed by atoms with Crippen molar-refractivity contribution in [2.75, 3.05) is 50.8 Å². The third kappa shape index (κ3) is 3.57. The van der Waals surface area contributed by atoms with Gasteiger partial charge in [-0.1, -0.05) is 18.2 Å². The number of nitrogens with zero attached hydrogens (tertiary/aromatic N) is 3. The van der Waals surface area contributed by atoms with E-state index in [1.165, 1.54) is 5.56 Å². The number of pyridine rings is 1. The highest BCUT2D eigenvalue weighted by Gasteiger charge is 2.25. The van der Waals surface area contributed by atoms with Crippen LogP contribution in [0.5, 0.6) is 0 Å². The van der Waals surface area contributed by atoms with Crippen molar-refractivity contribution >= 4 is 17.4 Å². The summed E-state index contributed by atoms with van der Waals surface area (Å²) in [6.07, 6.45) is 2.73. The minimum Gasteiger partial charge on any atom is -0.379 e. The van der Waals surface area contributed by atoms with E-state index in [0.29, 0.717) is 12.1 Å². The molecule has 2 aliphatic rings. The molecule has 136 valence electrons. The molecule has 2 aromatic rings. The van der Waals surface area contributed by atoms with Crippen LogP contribution in [0, 0.1) is 0 Å². The highest BCUT2D eigenvalue weighted by atomic mass is 16.5. The van der Waals surface area contributed by atoms with Crippen molar-refractivity contribution in [3.05, 3.63) is 53.7 Å². The Morgan fingerprint density at radius 2 is 1.96 bits per heavy atom. The molecule has 6 nitrogen and oxygen atoms in total. The van der Waals surface area contributed by atoms with Crippen LogP contribution in [-0.2, 0) is 11.2 Å². The second-order valence-corrected chi connectivity index (χ2v) is 6.61. The second kappa shape index (κ2) is 7.85. The zero-order valence-electron chi connectivity index (χ0n) is 14.9. The largest absolute Gasteiger partial charge is 0.379 e. The minimum atomic E-state index is -0.0641. The standard InChI is InChI=1S/C20H24N4O2/c25-20(22-9-11-23-12-14-26-15-13-23)17-5-3-8-21-19(17)24-10-7-16-4-1-2-6-18(16)24/h1-6,8H,7,9-15H2,(H,22,25). The number of fused-ring (bicyclic) bond motifs is 1. The topological polar surface area (TPSA) is 57.7 Å². The molecule has 0 spiro atoms. The zero-order valence-corrected chi connectivity index (χ0v) is 14.9. The van der Waals surface area contributed by atoms with Crippen LogP contribution in [0.3, 0.4) is 0 Å². The van der Waals surface area contributed by atoms with Gasteiger partial charge in [0.15, 0.2) is 0 Å². The van der Waals surface area contributed by atoms with Crippen LogP contribution in [0.1, 0.15) is 15.9 Å². The van der Waals surface area contributed by atoms with Gasteiger partial charge in [0.05, 0.1) is 18.8 Å². The Bertz CT molecular complexity index is 774. The van der Waals surface area contributed by atoms with Gasteiger partial charge in [0.1, 0.15) is 5.82 Å². The van der Waals surface area contributed by atoms with Crippen LogP contribution in [0.4, 0.5) is 11.5 Å². The lowest BCUT2D eigenvalue weighted by Gasteiger charge is -2.26. The second-order valence-electron chi connectivity index (χ2n) is 6.61. The fourth-order valence-corrected chi connectivity index (χ4v) is 3.60. The summed E-state index contributed by atoms with van der Waals surface area (Å²) in [5.41, 5.74) is 3.08. The molecule has 4 rings (SSSR count).